The zero-order valence-corrected chi connectivity index (χ0v) is 11.5. The Bertz CT molecular complexity index is 642. The molecule has 0 saturated heterocycles. The monoisotopic (exact) mass is 289 g/mol. The average Bonchev–Trinajstić information content (AvgIpc) is 2.49. The maximum absolute atomic E-state index is 13.2. The number of ether oxygens (including phenoxy) is 1. The topological polar surface area (TPSA) is 79.9 Å². The van der Waals surface area contributed by atoms with Gasteiger partial charge in [-0.25, -0.2) is 9.38 Å². The van der Waals surface area contributed by atoms with E-state index in [1.807, 2.05) is 0 Å². The SMILES string of the molecule is COc1ccc(NC(N)=NCc2ccc(O)c(F)c2)cc1. The summed E-state index contributed by atoms with van der Waals surface area (Å²) in [6, 6.07) is 11.3. The van der Waals surface area contributed by atoms with Crippen LogP contribution in [0.25, 0.3) is 0 Å². The highest BCUT2D eigenvalue weighted by Gasteiger charge is 2.01. The lowest BCUT2D eigenvalue weighted by molar-refractivity contribution is 0.415. The molecule has 0 heterocycles. The largest absolute Gasteiger partial charge is 0.505 e. The lowest BCUT2D eigenvalue weighted by Gasteiger charge is -2.07. The standard InChI is InChI=1S/C15H16FN3O2/c1-21-12-5-3-11(4-6-12)19-15(17)18-9-10-2-7-14(20)13(16)8-10/h2-8,20H,9H2,1H3,(H3,17,18,19). The lowest BCUT2D eigenvalue weighted by atomic mass is 10.2. The molecule has 0 aliphatic carbocycles. The predicted molar refractivity (Wildman–Crippen MR) is 80.0 cm³/mol. The molecule has 6 heteroatoms. The molecule has 2 rings (SSSR count). The Balaban J connectivity index is 1.98. The van der Waals surface area contributed by atoms with Gasteiger partial charge in [-0.15, -0.1) is 0 Å². The number of phenolic OH excluding ortho intramolecular Hbond substituents is 1. The molecular formula is C15H16FN3O2. The normalized spacial score (nSPS) is 11.2. The van der Waals surface area contributed by atoms with Gasteiger partial charge in [0.15, 0.2) is 17.5 Å². The fraction of sp³-hybridized carbons (Fsp3) is 0.133. The van der Waals surface area contributed by atoms with E-state index in [-0.39, 0.29) is 18.3 Å². The summed E-state index contributed by atoms with van der Waals surface area (Å²) in [6.07, 6.45) is 0. The van der Waals surface area contributed by atoms with Crippen LogP contribution in [0, 0.1) is 5.82 Å². The Morgan fingerprint density at radius 2 is 2.00 bits per heavy atom. The number of halogens is 1. The van der Waals surface area contributed by atoms with Crippen molar-refractivity contribution in [3.05, 3.63) is 53.8 Å². The van der Waals surface area contributed by atoms with Crippen LogP contribution in [0.3, 0.4) is 0 Å². The molecule has 0 aliphatic rings. The fourth-order valence-electron chi connectivity index (χ4n) is 1.69. The highest BCUT2D eigenvalue weighted by Crippen LogP contribution is 2.17. The van der Waals surface area contributed by atoms with Crippen LogP contribution in [0.15, 0.2) is 47.5 Å². The molecule has 2 aromatic rings. The number of hydrogen-bond acceptors (Lipinski definition) is 3. The Kier molecular flexibility index (Phi) is 4.61. The van der Waals surface area contributed by atoms with Crippen molar-refractivity contribution in [1.82, 2.24) is 0 Å². The summed E-state index contributed by atoms with van der Waals surface area (Å²) in [6.45, 7) is 0.214. The van der Waals surface area contributed by atoms with E-state index < -0.39 is 5.82 Å². The molecule has 0 radical (unpaired) electrons. The minimum Gasteiger partial charge on any atom is -0.505 e. The van der Waals surface area contributed by atoms with Crippen molar-refractivity contribution < 1.29 is 14.2 Å². The van der Waals surface area contributed by atoms with Crippen LogP contribution in [0.2, 0.25) is 0 Å². The van der Waals surface area contributed by atoms with Gasteiger partial charge in [0.05, 0.1) is 13.7 Å². The molecule has 5 nitrogen and oxygen atoms in total. The Morgan fingerprint density at radius 3 is 2.62 bits per heavy atom. The van der Waals surface area contributed by atoms with E-state index in [1.54, 1.807) is 37.4 Å². The van der Waals surface area contributed by atoms with Crippen molar-refractivity contribution in [2.75, 3.05) is 12.4 Å². The highest BCUT2D eigenvalue weighted by atomic mass is 19.1. The fourth-order valence-corrected chi connectivity index (χ4v) is 1.69. The molecular weight excluding hydrogens is 273 g/mol. The van der Waals surface area contributed by atoms with Gasteiger partial charge >= 0.3 is 0 Å². The van der Waals surface area contributed by atoms with Crippen molar-refractivity contribution in [2.45, 2.75) is 6.54 Å². The number of aliphatic imine (C=N–C) groups is 1. The number of methoxy groups -OCH3 is 1. The first kappa shape index (κ1) is 14.6. The van der Waals surface area contributed by atoms with Gasteiger partial charge in [-0.1, -0.05) is 6.07 Å². The minimum absolute atomic E-state index is 0.214. The highest BCUT2D eigenvalue weighted by molar-refractivity contribution is 5.92. The van der Waals surface area contributed by atoms with Crippen molar-refractivity contribution in [1.29, 1.82) is 0 Å². The van der Waals surface area contributed by atoms with Gasteiger partial charge in [0.25, 0.3) is 0 Å². The van der Waals surface area contributed by atoms with Crippen LogP contribution in [0.5, 0.6) is 11.5 Å². The number of guanidine groups is 1. The summed E-state index contributed by atoms with van der Waals surface area (Å²) in [5.41, 5.74) is 7.14. The summed E-state index contributed by atoms with van der Waals surface area (Å²) < 4.78 is 18.2. The quantitative estimate of drug-likeness (QED) is 0.596. The summed E-state index contributed by atoms with van der Waals surface area (Å²) in [5, 5.41) is 12.0. The first-order chi connectivity index (χ1) is 10.1. The van der Waals surface area contributed by atoms with Crippen molar-refractivity contribution in [3.63, 3.8) is 0 Å². The number of nitrogens with one attached hydrogen (secondary N) is 1. The van der Waals surface area contributed by atoms with Gasteiger partial charge < -0.3 is 20.9 Å². The molecule has 0 aliphatic heterocycles. The minimum atomic E-state index is -0.676. The number of aromatic hydroxyl groups is 1. The van der Waals surface area contributed by atoms with E-state index in [4.69, 9.17) is 15.6 Å². The molecule has 4 N–H and O–H groups in total. The zero-order valence-electron chi connectivity index (χ0n) is 11.5. The van der Waals surface area contributed by atoms with Gasteiger partial charge in [-0.3, -0.25) is 0 Å². The summed E-state index contributed by atoms with van der Waals surface area (Å²) in [7, 11) is 1.59. The Labute approximate surface area is 121 Å². The van der Waals surface area contributed by atoms with Gasteiger partial charge in [0.1, 0.15) is 5.75 Å². The summed E-state index contributed by atoms with van der Waals surface area (Å²) in [4.78, 5) is 4.11. The maximum Gasteiger partial charge on any atom is 0.193 e. The molecule has 0 saturated carbocycles. The van der Waals surface area contributed by atoms with E-state index in [0.29, 0.717) is 5.56 Å². The molecule has 0 aromatic heterocycles. The molecule has 0 atom stereocenters. The van der Waals surface area contributed by atoms with Crippen molar-refractivity contribution >= 4 is 11.6 Å². The molecule has 0 unspecified atom stereocenters. The second-order valence-corrected chi connectivity index (χ2v) is 4.34. The number of hydrogen-bond donors (Lipinski definition) is 3. The molecule has 0 spiro atoms. The third-order valence-corrected chi connectivity index (χ3v) is 2.81. The number of anilines is 1. The van der Waals surface area contributed by atoms with Crippen LogP contribution >= 0.6 is 0 Å². The smallest absolute Gasteiger partial charge is 0.193 e. The van der Waals surface area contributed by atoms with Crippen LogP contribution in [0.1, 0.15) is 5.56 Å². The third-order valence-electron chi connectivity index (χ3n) is 2.81. The van der Waals surface area contributed by atoms with Crippen molar-refractivity contribution in [2.24, 2.45) is 10.7 Å². The number of benzene rings is 2. The second-order valence-electron chi connectivity index (χ2n) is 4.34. The Hall–Kier alpha value is -2.76. The van der Waals surface area contributed by atoms with Gasteiger partial charge in [0.2, 0.25) is 0 Å². The van der Waals surface area contributed by atoms with E-state index in [9.17, 15) is 4.39 Å². The molecule has 0 bridgehead atoms. The number of nitrogens with zero attached hydrogens (tertiary/aromatic N) is 1. The van der Waals surface area contributed by atoms with E-state index >= 15 is 0 Å². The van der Waals surface area contributed by atoms with Crippen LogP contribution in [-0.4, -0.2) is 18.2 Å². The van der Waals surface area contributed by atoms with Gasteiger partial charge in [0, 0.05) is 5.69 Å². The first-order valence-electron chi connectivity index (χ1n) is 6.27. The van der Waals surface area contributed by atoms with Crippen LogP contribution < -0.4 is 15.8 Å². The van der Waals surface area contributed by atoms with E-state index in [1.165, 1.54) is 12.1 Å². The molecule has 110 valence electrons. The zero-order chi connectivity index (χ0) is 15.2. The molecule has 0 fully saturated rings. The predicted octanol–water partition coefficient (Wildman–Crippen LogP) is 2.47. The number of phenols is 1. The molecule has 21 heavy (non-hydrogen) atoms. The Morgan fingerprint density at radius 1 is 1.29 bits per heavy atom. The first-order valence-corrected chi connectivity index (χ1v) is 6.27. The van der Waals surface area contributed by atoms with E-state index in [2.05, 4.69) is 10.3 Å². The third kappa shape index (κ3) is 4.10. The summed E-state index contributed by atoms with van der Waals surface area (Å²) in [5.74, 6) is -0.0966. The lowest BCUT2D eigenvalue weighted by Crippen LogP contribution is -2.22. The average molecular weight is 289 g/mol. The van der Waals surface area contributed by atoms with E-state index in [0.717, 1.165) is 11.4 Å². The molecule has 0 amide bonds. The van der Waals surface area contributed by atoms with Crippen LogP contribution in [0.4, 0.5) is 10.1 Å². The molecule has 2 aromatic carbocycles. The summed E-state index contributed by atoms with van der Waals surface area (Å²) >= 11 is 0. The number of rotatable bonds is 4. The van der Waals surface area contributed by atoms with Gasteiger partial charge in [-0.2, -0.15) is 0 Å². The van der Waals surface area contributed by atoms with Gasteiger partial charge in [-0.05, 0) is 42.0 Å². The van der Waals surface area contributed by atoms with Crippen LogP contribution in [-0.2, 0) is 6.54 Å². The number of nitrogens with two attached hydrogens (primary N) is 1. The van der Waals surface area contributed by atoms with Crippen molar-refractivity contribution in [3.8, 4) is 11.5 Å². The second kappa shape index (κ2) is 6.60. The maximum atomic E-state index is 13.2.